The van der Waals surface area contributed by atoms with Gasteiger partial charge in [0.2, 0.25) is 5.82 Å². The van der Waals surface area contributed by atoms with Crippen molar-refractivity contribution in [3.05, 3.63) is 28.5 Å². The van der Waals surface area contributed by atoms with Crippen LogP contribution in [0, 0.1) is 0 Å². The zero-order chi connectivity index (χ0) is 13.1. The largest absolute Gasteiger partial charge is 0.398 e. The molecule has 0 aliphatic carbocycles. The van der Waals surface area contributed by atoms with Crippen LogP contribution in [-0.2, 0) is 4.74 Å². The molecule has 0 bridgehead atoms. The van der Waals surface area contributed by atoms with E-state index in [0.717, 1.165) is 4.47 Å². The third-order valence-electron chi connectivity index (χ3n) is 2.47. The first-order valence-electron chi connectivity index (χ1n) is 5.62. The van der Waals surface area contributed by atoms with Crippen LogP contribution in [0.15, 0.2) is 27.2 Å². The molecule has 0 saturated carbocycles. The fourth-order valence-electron chi connectivity index (χ4n) is 1.55. The number of anilines is 1. The molecular weight excluding hydrogens is 298 g/mol. The molecule has 1 unspecified atom stereocenters. The molecule has 0 spiro atoms. The number of halogens is 1. The number of benzene rings is 1. The maximum absolute atomic E-state index is 5.89. The van der Waals surface area contributed by atoms with E-state index in [0.29, 0.717) is 29.6 Å². The Morgan fingerprint density at radius 3 is 3.00 bits per heavy atom. The Balaban J connectivity index is 2.32. The molecule has 6 heteroatoms. The molecule has 0 radical (unpaired) electrons. The maximum atomic E-state index is 5.89. The predicted molar refractivity (Wildman–Crippen MR) is 71.9 cm³/mol. The summed E-state index contributed by atoms with van der Waals surface area (Å²) < 4.78 is 11.5. The van der Waals surface area contributed by atoms with E-state index in [1.54, 1.807) is 6.07 Å². The third-order valence-corrected chi connectivity index (χ3v) is 2.96. The summed E-state index contributed by atoms with van der Waals surface area (Å²) >= 11 is 3.38. The first-order chi connectivity index (χ1) is 8.61. The topological polar surface area (TPSA) is 74.2 Å². The molecular formula is C12H14BrN3O2. The van der Waals surface area contributed by atoms with Crippen LogP contribution in [0.2, 0.25) is 0 Å². The Hall–Kier alpha value is -1.40. The average molecular weight is 312 g/mol. The molecule has 0 fully saturated rings. The molecule has 0 aliphatic heterocycles. The Labute approximate surface area is 113 Å². The second kappa shape index (κ2) is 5.49. The molecule has 2 N–H and O–H groups in total. The second-order valence-corrected chi connectivity index (χ2v) is 4.70. The number of hydrogen-bond acceptors (Lipinski definition) is 5. The summed E-state index contributed by atoms with van der Waals surface area (Å²) in [6.07, 6.45) is -0.194. The minimum atomic E-state index is -0.194. The number of rotatable bonds is 4. The van der Waals surface area contributed by atoms with Crippen LogP contribution in [0.5, 0.6) is 0 Å². The van der Waals surface area contributed by atoms with E-state index in [4.69, 9.17) is 15.0 Å². The number of nitrogens with zero attached hydrogens (tertiary/aromatic N) is 2. The Morgan fingerprint density at radius 2 is 2.28 bits per heavy atom. The third kappa shape index (κ3) is 2.70. The van der Waals surface area contributed by atoms with Gasteiger partial charge in [0.15, 0.2) is 0 Å². The van der Waals surface area contributed by atoms with Gasteiger partial charge in [-0.15, -0.1) is 0 Å². The SMILES string of the molecule is CCOC(C)c1noc(-c2cc(Br)ccc2N)n1. The molecule has 1 aromatic heterocycles. The van der Waals surface area contributed by atoms with Crippen molar-refractivity contribution in [2.45, 2.75) is 20.0 Å². The number of ether oxygens (including phenoxy) is 1. The monoisotopic (exact) mass is 311 g/mol. The fraction of sp³-hybridized carbons (Fsp3) is 0.333. The van der Waals surface area contributed by atoms with Crippen molar-refractivity contribution in [3.8, 4) is 11.5 Å². The lowest BCUT2D eigenvalue weighted by atomic mass is 10.2. The predicted octanol–water partition coefficient (Wildman–Crippen LogP) is 3.18. The van der Waals surface area contributed by atoms with Crippen molar-refractivity contribution in [3.63, 3.8) is 0 Å². The standard InChI is InChI=1S/C12H14BrN3O2/c1-3-17-7(2)11-15-12(18-16-11)9-6-8(13)4-5-10(9)14/h4-7H,3,14H2,1-2H3. The van der Waals surface area contributed by atoms with E-state index in [1.807, 2.05) is 26.0 Å². The fourth-order valence-corrected chi connectivity index (χ4v) is 1.91. The van der Waals surface area contributed by atoms with Gasteiger partial charge in [0.05, 0.1) is 5.56 Å². The van der Waals surface area contributed by atoms with Crippen molar-refractivity contribution in [2.24, 2.45) is 0 Å². The van der Waals surface area contributed by atoms with E-state index in [2.05, 4.69) is 26.1 Å². The Morgan fingerprint density at radius 1 is 1.50 bits per heavy atom. The normalized spacial score (nSPS) is 12.6. The lowest BCUT2D eigenvalue weighted by Crippen LogP contribution is -2.01. The Bertz CT molecular complexity index is 542. The average Bonchev–Trinajstić information content (AvgIpc) is 2.82. The number of hydrogen-bond donors (Lipinski definition) is 1. The molecule has 0 aliphatic rings. The second-order valence-electron chi connectivity index (χ2n) is 3.79. The van der Waals surface area contributed by atoms with Crippen LogP contribution in [0.1, 0.15) is 25.8 Å². The number of nitrogens with two attached hydrogens (primary N) is 1. The highest BCUT2D eigenvalue weighted by molar-refractivity contribution is 9.10. The van der Waals surface area contributed by atoms with Crippen LogP contribution in [0.25, 0.3) is 11.5 Å². The zero-order valence-corrected chi connectivity index (χ0v) is 11.8. The van der Waals surface area contributed by atoms with Gasteiger partial charge < -0.3 is 15.0 Å². The summed E-state index contributed by atoms with van der Waals surface area (Å²) in [6.45, 7) is 4.40. The van der Waals surface area contributed by atoms with Gasteiger partial charge >= 0.3 is 0 Å². The van der Waals surface area contributed by atoms with Gasteiger partial charge in [0, 0.05) is 16.8 Å². The molecule has 2 rings (SSSR count). The van der Waals surface area contributed by atoms with E-state index < -0.39 is 0 Å². The lowest BCUT2D eigenvalue weighted by molar-refractivity contribution is 0.0683. The van der Waals surface area contributed by atoms with Crippen LogP contribution >= 0.6 is 15.9 Å². The zero-order valence-electron chi connectivity index (χ0n) is 10.2. The highest BCUT2D eigenvalue weighted by atomic mass is 79.9. The molecule has 1 atom stereocenters. The van der Waals surface area contributed by atoms with Gasteiger partial charge in [-0.25, -0.2) is 0 Å². The van der Waals surface area contributed by atoms with E-state index in [9.17, 15) is 0 Å². The van der Waals surface area contributed by atoms with Crippen molar-refractivity contribution < 1.29 is 9.26 Å². The first-order valence-corrected chi connectivity index (χ1v) is 6.41. The van der Waals surface area contributed by atoms with Gasteiger partial charge in [0.25, 0.3) is 5.89 Å². The van der Waals surface area contributed by atoms with Crippen molar-refractivity contribution >= 4 is 21.6 Å². The molecule has 0 saturated heterocycles. The summed E-state index contributed by atoms with van der Waals surface area (Å²) in [4.78, 5) is 4.30. The minimum absolute atomic E-state index is 0.194. The quantitative estimate of drug-likeness (QED) is 0.878. The van der Waals surface area contributed by atoms with E-state index >= 15 is 0 Å². The summed E-state index contributed by atoms with van der Waals surface area (Å²) in [7, 11) is 0. The van der Waals surface area contributed by atoms with Gasteiger partial charge in [-0.1, -0.05) is 21.1 Å². The van der Waals surface area contributed by atoms with Gasteiger partial charge in [-0.3, -0.25) is 0 Å². The first kappa shape index (κ1) is 13.0. The number of aromatic nitrogens is 2. The van der Waals surface area contributed by atoms with Crippen molar-refractivity contribution in [2.75, 3.05) is 12.3 Å². The van der Waals surface area contributed by atoms with E-state index in [1.165, 1.54) is 0 Å². The van der Waals surface area contributed by atoms with Crippen LogP contribution < -0.4 is 5.73 Å². The van der Waals surface area contributed by atoms with Gasteiger partial charge in [-0.05, 0) is 32.0 Å². The summed E-state index contributed by atoms with van der Waals surface area (Å²) in [5, 5.41) is 3.90. The van der Waals surface area contributed by atoms with Crippen molar-refractivity contribution in [1.82, 2.24) is 10.1 Å². The van der Waals surface area contributed by atoms with Crippen LogP contribution in [0.3, 0.4) is 0 Å². The molecule has 0 amide bonds. The Kier molecular flexibility index (Phi) is 3.98. The minimum Gasteiger partial charge on any atom is -0.398 e. The van der Waals surface area contributed by atoms with Crippen LogP contribution in [-0.4, -0.2) is 16.7 Å². The smallest absolute Gasteiger partial charge is 0.260 e. The summed E-state index contributed by atoms with van der Waals surface area (Å²) in [5.41, 5.74) is 7.20. The highest BCUT2D eigenvalue weighted by Gasteiger charge is 2.16. The lowest BCUT2D eigenvalue weighted by Gasteiger charge is -2.05. The summed E-state index contributed by atoms with van der Waals surface area (Å²) in [5.74, 6) is 0.918. The van der Waals surface area contributed by atoms with E-state index in [-0.39, 0.29) is 6.10 Å². The number of nitrogen functional groups attached to an aromatic ring is 1. The summed E-state index contributed by atoms with van der Waals surface area (Å²) in [6, 6.07) is 5.49. The molecule has 1 aromatic carbocycles. The van der Waals surface area contributed by atoms with Gasteiger partial charge in [0.1, 0.15) is 6.10 Å². The highest BCUT2D eigenvalue weighted by Crippen LogP contribution is 2.28. The maximum Gasteiger partial charge on any atom is 0.260 e. The molecule has 2 aromatic rings. The molecule has 5 nitrogen and oxygen atoms in total. The van der Waals surface area contributed by atoms with Crippen molar-refractivity contribution in [1.29, 1.82) is 0 Å². The van der Waals surface area contributed by atoms with Crippen LogP contribution in [0.4, 0.5) is 5.69 Å². The molecule has 1 heterocycles. The van der Waals surface area contributed by atoms with Gasteiger partial charge in [-0.2, -0.15) is 4.98 Å². The molecule has 18 heavy (non-hydrogen) atoms. The molecule has 96 valence electrons.